The summed E-state index contributed by atoms with van der Waals surface area (Å²) in [6.45, 7) is 4.23. The fourth-order valence-electron chi connectivity index (χ4n) is 1.66. The Morgan fingerprint density at radius 3 is 2.26 bits per heavy atom. The lowest BCUT2D eigenvalue weighted by atomic mass is 10.1. The summed E-state index contributed by atoms with van der Waals surface area (Å²) in [5.74, 6) is 0.351. The van der Waals surface area contributed by atoms with Crippen molar-refractivity contribution >= 4 is 5.97 Å². The van der Waals surface area contributed by atoms with Crippen LogP contribution in [0.4, 0.5) is 0 Å². The first-order valence-electron chi connectivity index (χ1n) is 6.33. The van der Waals surface area contributed by atoms with Crippen molar-refractivity contribution in [3.8, 4) is 11.4 Å². The number of aryl methyl sites for hydroxylation is 1. The Bertz CT molecular complexity index is 547. The molecule has 2 rings (SSSR count). The van der Waals surface area contributed by atoms with Gasteiger partial charge in [0, 0.05) is 18.0 Å². The van der Waals surface area contributed by atoms with Gasteiger partial charge in [-0.15, -0.1) is 0 Å². The van der Waals surface area contributed by atoms with Gasteiger partial charge in [0.1, 0.15) is 0 Å². The molecule has 98 valence electrons. The lowest BCUT2D eigenvalue weighted by Gasteiger charge is -2.04. The molecule has 0 radical (unpaired) electrons. The van der Waals surface area contributed by atoms with Crippen molar-refractivity contribution < 1.29 is 9.53 Å². The first-order chi connectivity index (χ1) is 9.24. The summed E-state index contributed by atoms with van der Waals surface area (Å²) >= 11 is 0. The van der Waals surface area contributed by atoms with Gasteiger partial charge in [0.05, 0.1) is 12.2 Å². The van der Waals surface area contributed by atoms with Crippen LogP contribution in [0, 0.1) is 0 Å². The highest BCUT2D eigenvalue weighted by Gasteiger charge is 2.07. The third kappa shape index (κ3) is 3.16. The van der Waals surface area contributed by atoms with Crippen molar-refractivity contribution in [3.63, 3.8) is 0 Å². The summed E-state index contributed by atoms with van der Waals surface area (Å²) in [6, 6.07) is 7.11. The second-order valence-electron chi connectivity index (χ2n) is 4.07. The minimum atomic E-state index is -0.309. The summed E-state index contributed by atoms with van der Waals surface area (Å²) in [4.78, 5) is 20.1. The van der Waals surface area contributed by atoms with E-state index >= 15 is 0 Å². The number of nitrogens with zero attached hydrogens (tertiary/aromatic N) is 2. The van der Waals surface area contributed by atoms with Crippen molar-refractivity contribution in [2.24, 2.45) is 0 Å². The van der Waals surface area contributed by atoms with E-state index in [-0.39, 0.29) is 5.97 Å². The molecule has 0 saturated carbocycles. The van der Waals surface area contributed by atoms with Crippen LogP contribution in [0.15, 0.2) is 36.7 Å². The van der Waals surface area contributed by atoms with Gasteiger partial charge in [0.15, 0.2) is 5.82 Å². The zero-order valence-electron chi connectivity index (χ0n) is 11.1. The van der Waals surface area contributed by atoms with Gasteiger partial charge < -0.3 is 4.74 Å². The monoisotopic (exact) mass is 256 g/mol. The van der Waals surface area contributed by atoms with Crippen molar-refractivity contribution in [2.75, 3.05) is 6.61 Å². The SMILES string of the molecule is CCOC(=O)c1ccc(-c2ncc(CC)cn2)cc1. The molecule has 0 aliphatic rings. The van der Waals surface area contributed by atoms with E-state index in [2.05, 4.69) is 16.9 Å². The summed E-state index contributed by atoms with van der Waals surface area (Å²) < 4.78 is 4.93. The molecule has 0 unspecified atom stereocenters. The Labute approximate surface area is 112 Å². The molecule has 0 aliphatic carbocycles. The minimum Gasteiger partial charge on any atom is -0.462 e. The fraction of sp³-hybridized carbons (Fsp3) is 0.267. The molecule has 19 heavy (non-hydrogen) atoms. The molecular formula is C15H16N2O2. The standard InChI is InChI=1S/C15H16N2O2/c1-3-11-9-16-14(17-10-11)12-5-7-13(8-6-12)15(18)19-4-2/h5-10H,3-4H2,1-2H3. The molecule has 2 aromatic rings. The second-order valence-corrected chi connectivity index (χ2v) is 4.07. The number of benzene rings is 1. The van der Waals surface area contributed by atoms with E-state index in [9.17, 15) is 4.79 Å². The largest absolute Gasteiger partial charge is 0.462 e. The number of rotatable bonds is 4. The molecule has 4 nitrogen and oxygen atoms in total. The zero-order chi connectivity index (χ0) is 13.7. The lowest BCUT2D eigenvalue weighted by Crippen LogP contribution is -2.04. The van der Waals surface area contributed by atoms with Crippen LogP contribution in [-0.4, -0.2) is 22.5 Å². The quantitative estimate of drug-likeness (QED) is 0.789. The molecule has 0 fully saturated rings. The van der Waals surface area contributed by atoms with Gasteiger partial charge in [-0.3, -0.25) is 0 Å². The van der Waals surface area contributed by atoms with E-state index in [0.717, 1.165) is 17.5 Å². The highest BCUT2D eigenvalue weighted by atomic mass is 16.5. The van der Waals surface area contributed by atoms with E-state index in [0.29, 0.717) is 18.0 Å². The lowest BCUT2D eigenvalue weighted by molar-refractivity contribution is 0.0526. The van der Waals surface area contributed by atoms with Crippen LogP contribution in [0.25, 0.3) is 11.4 Å². The first-order valence-corrected chi connectivity index (χ1v) is 6.33. The van der Waals surface area contributed by atoms with Gasteiger partial charge in [-0.2, -0.15) is 0 Å². The van der Waals surface area contributed by atoms with Gasteiger partial charge in [0.2, 0.25) is 0 Å². The van der Waals surface area contributed by atoms with Gasteiger partial charge in [-0.25, -0.2) is 14.8 Å². The van der Waals surface area contributed by atoms with Crippen molar-refractivity contribution in [1.82, 2.24) is 9.97 Å². The van der Waals surface area contributed by atoms with Gasteiger partial charge in [-0.1, -0.05) is 19.1 Å². The van der Waals surface area contributed by atoms with Gasteiger partial charge in [0.25, 0.3) is 0 Å². The zero-order valence-corrected chi connectivity index (χ0v) is 11.1. The van der Waals surface area contributed by atoms with E-state index < -0.39 is 0 Å². The highest BCUT2D eigenvalue weighted by molar-refractivity contribution is 5.89. The molecule has 0 bridgehead atoms. The number of hydrogen-bond donors (Lipinski definition) is 0. The summed E-state index contributed by atoms with van der Waals surface area (Å²) in [5, 5.41) is 0. The summed E-state index contributed by atoms with van der Waals surface area (Å²) in [5.41, 5.74) is 2.53. The number of ether oxygens (including phenoxy) is 1. The maximum atomic E-state index is 11.5. The molecule has 0 amide bonds. The Hall–Kier alpha value is -2.23. The molecule has 0 spiro atoms. The van der Waals surface area contributed by atoms with Gasteiger partial charge in [-0.05, 0) is 31.0 Å². The molecule has 4 heteroatoms. The second kappa shape index (κ2) is 6.09. The number of carbonyl (C=O) groups excluding carboxylic acids is 1. The number of esters is 1. The van der Waals surface area contributed by atoms with Crippen LogP contribution < -0.4 is 0 Å². The van der Waals surface area contributed by atoms with Crippen LogP contribution in [0.5, 0.6) is 0 Å². The van der Waals surface area contributed by atoms with Crippen LogP contribution >= 0.6 is 0 Å². The Morgan fingerprint density at radius 1 is 1.11 bits per heavy atom. The van der Waals surface area contributed by atoms with Crippen molar-refractivity contribution in [2.45, 2.75) is 20.3 Å². The van der Waals surface area contributed by atoms with Crippen molar-refractivity contribution in [3.05, 3.63) is 47.8 Å². The average Bonchev–Trinajstić information content (AvgIpc) is 2.48. The molecule has 0 N–H and O–H groups in total. The predicted octanol–water partition coefficient (Wildman–Crippen LogP) is 2.88. The van der Waals surface area contributed by atoms with E-state index in [4.69, 9.17) is 4.74 Å². The molecule has 1 heterocycles. The number of carbonyl (C=O) groups is 1. The third-order valence-electron chi connectivity index (χ3n) is 2.77. The molecule has 0 aliphatic heterocycles. The molecule has 1 aromatic heterocycles. The Morgan fingerprint density at radius 2 is 1.74 bits per heavy atom. The first kappa shape index (κ1) is 13.2. The van der Waals surface area contributed by atoms with Crippen LogP contribution in [-0.2, 0) is 11.2 Å². The smallest absolute Gasteiger partial charge is 0.338 e. The molecule has 0 atom stereocenters. The number of hydrogen-bond acceptors (Lipinski definition) is 4. The minimum absolute atomic E-state index is 0.309. The highest BCUT2D eigenvalue weighted by Crippen LogP contribution is 2.16. The number of aromatic nitrogens is 2. The summed E-state index contributed by atoms with van der Waals surface area (Å²) in [7, 11) is 0. The van der Waals surface area contributed by atoms with Crippen LogP contribution in [0.3, 0.4) is 0 Å². The predicted molar refractivity (Wildman–Crippen MR) is 72.8 cm³/mol. The maximum Gasteiger partial charge on any atom is 0.338 e. The topological polar surface area (TPSA) is 52.1 Å². The summed E-state index contributed by atoms with van der Waals surface area (Å²) in [6.07, 6.45) is 4.56. The average molecular weight is 256 g/mol. The van der Waals surface area contributed by atoms with E-state index in [1.54, 1.807) is 19.1 Å². The van der Waals surface area contributed by atoms with Crippen LogP contribution in [0.2, 0.25) is 0 Å². The van der Waals surface area contributed by atoms with Crippen molar-refractivity contribution in [1.29, 1.82) is 0 Å². The molecular weight excluding hydrogens is 240 g/mol. The maximum absolute atomic E-state index is 11.5. The Balaban J connectivity index is 2.19. The molecule has 0 saturated heterocycles. The normalized spacial score (nSPS) is 10.2. The molecule has 1 aromatic carbocycles. The van der Waals surface area contributed by atoms with E-state index in [1.165, 1.54) is 0 Å². The van der Waals surface area contributed by atoms with Crippen LogP contribution in [0.1, 0.15) is 29.8 Å². The fourth-order valence-corrected chi connectivity index (χ4v) is 1.66. The third-order valence-corrected chi connectivity index (χ3v) is 2.77. The van der Waals surface area contributed by atoms with E-state index in [1.807, 2.05) is 24.5 Å². The van der Waals surface area contributed by atoms with Gasteiger partial charge >= 0.3 is 5.97 Å². The Kier molecular flexibility index (Phi) is 4.23.